The van der Waals surface area contributed by atoms with Crippen LogP contribution in [0.15, 0.2) is 161 Å². The zero-order chi connectivity index (χ0) is 69.7. The predicted octanol–water partition coefficient (Wildman–Crippen LogP) is 8.23. The lowest BCUT2D eigenvalue weighted by Gasteiger charge is -2.30. The van der Waals surface area contributed by atoms with Crippen molar-refractivity contribution in [2.75, 3.05) is 96.5 Å². The van der Waals surface area contributed by atoms with E-state index in [9.17, 15) is 66.3 Å². The predicted molar refractivity (Wildman–Crippen MR) is 368 cm³/mol. The average molecular weight is 1420 g/mol. The molecule has 5 aromatic carbocycles. The van der Waals surface area contributed by atoms with Crippen molar-refractivity contribution < 1.29 is 94.5 Å². The molecule has 0 aliphatic carbocycles. The number of fused-ring (bicyclic) bond motifs is 2. The molecule has 520 valence electrons. The van der Waals surface area contributed by atoms with Gasteiger partial charge >= 0.3 is 5.97 Å². The molecular weight excluding hydrogens is 1340 g/mol. The molecule has 0 radical (unpaired) electrons. The van der Waals surface area contributed by atoms with Gasteiger partial charge in [0.05, 0.1) is 85.6 Å². The summed E-state index contributed by atoms with van der Waals surface area (Å²) in [6, 6.07) is 32.7. The Hall–Kier alpha value is -6.69. The number of benzene rings is 5. The minimum Gasteiger partial charge on any atom is -0.465 e. The second kappa shape index (κ2) is 35.2. The quantitative estimate of drug-likeness (QED) is 0.00615. The van der Waals surface area contributed by atoms with E-state index in [1.165, 1.54) is 31.4 Å². The van der Waals surface area contributed by atoms with E-state index >= 15 is 0 Å². The first-order valence-corrected chi connectivity index (χ1v) is 38.8. The van der Waals surface area contributed by atoms with Gasteiger partial charge in [-0.3, -0.25) is 27.8 Å². The van der Waals surface area contributed by atoms with Gasteiger partial charge in [-0.25, -0.2) is 4.79 Å². The van der Waals surface area contributed by atoms with E-state index in [1.807, 2.05) is 77.1 Å². The van der Waals surface area contributed by atoms with E-state index < -0.39 is 76.7 Å². The molecule has 0 saturated heterocycles. The second-order valence-electron chi connectivity index (χ2n) is 23.5. The lowest BCUT2D eigenvalue weighted by Crippen LogP contribution is -2.32. The summed E-state index contributed by atoms with van der Waals surface area (Å²) in [6.07, 6.45) is 11.2. The van der Waals surface area contributed by atoms with Crippen LogP contribution in [0.2, 0.25) is 0 Å². The Balaban J connectivity index is 1.08. The maximum atomic E-state index is 13.7. The fourth-order valence-corrected chi connectivity index (χ4v) is 16.5. The van der Waals surface area contributed by atoms with Crippen molar-refractivity contribution in [2.45, 2.75) is 98.7 Å². The summed E-state index contributed by atoms with van der Waals surface area (Å²) in [6.45, 7) is 6.60. The molecular formula is C68H85N3O20PS4+. The Kier molecular flexibility index (Phi) is 28.1. The third-order valence-electron chi connectivity index (χ3n) is 16.7. The molecule has 0 saturated carbocycles. The van der Waals surface area contributed by atoms with Gasteiger partial charge in [0.1, 0.15) is 12.3 Å². The molecule has 5 N–H and O–H groups in total. The standard InChI is InChI=1S/C68H84N3O20PS4/c1-67(34-18-46-93(75,76)77)58-49-55(95(81,82)83)29-32-60(58)70(37-16-8-9-20-52(72)21-17-36-69-65(73)51-28-31-57(66(74)88-4)62(48-51)92(53-22-10-5-11-23-53)54-24-12-6-13-25-54)63(67)26-14-7-15-27-64-68(2,35-19-47-94(78,79)80)59-50-56(96(84,85)86)30-33-61(59)71(64)38-39-89-42-43-91-45-44-90-41-40-87-3/h5-7,10-15,22-33,48-50H,8-9,16-21,34-47H2,1-4H3,(H4-,69,73,75,76,77,78,79,80,81,82,83,84,85,86)/p+1. The van der Waals surface area contributed by atoms with Gasteiger partial charge in [0, 0.05) is 84.8 Å². The van der Waals surface area contributed by atoms with Gasteiger partial charge < -0.3 is 33.9 Å². The molecule has 0 spiro atoms. The van der Waals surface area contributed by atoms with Crippen molar-refractivity contribution in [2.24, 2.45) is 0 Å². The number of allylic oxidation sites excluding steroid dienone is 6. The van der Waals surface area contributed by atoms with E-state index in [0.717, 1.165) is 10.6 Å². The lowest BCUT2D eigenvalue weighted by molar-refractivity contribution is -0.438. The molecule has 0 aromatic heterocycles. The van der Waals surface area contributed by atoms with Crippen molar-refractivity contribution >= 4 is 99.1 Å². The highest BCUT2D eigenvalue weighted by Gasteiger charge is 2.48. The van der Waals surface area contributed by atoms with Crippen LogP contribution in [0.3, 0.4) is 0 Å². The number of nitrogens with zero attached hydrogens (tertiary/aromatic N) is 2. The Labute approximate surface area is 564 Å². The third-order valence-corrected chi connectivity index (χ3v) is 22.5. The van der Waals surface area contributed by atoms with Crippen LogP contribution < -0.4 is 26.1 Å². The normalized spacial score (nSPS) is 17.1. The highest BCUT2D eigenvalue weighted by atomic mass is 32.2. The first-order valence-electron chi connectivity index (χ1n) is 31.4. The topological polar surface area (TPSA) is 333 Å². The molecule has 96 heavy (non-hydrogen) atoms. The molecule has 2 atom stereocenters. The van der Waals surface area contributed by atoms with Crippen molar-refractivity contribution in [3.8, 4) is 0 Å². The van der Waals surface area contributed by atoms with Crippen LogP contribution >= 0.6 is 7.92 Å². The molecule has 5 aromatic rings. The lowest BCUT2D eigenvalue weighted by atomic mass is 9.76. The van der Waals surface area contributed by atoms with Crippen LogP contribution in [0.1, 0.15) is 110 Å². The number of hydrogen-bond donors (Lipinski definition) is 5. The number of methoxy groups -OCH3 is 2. The molecule has 23 nitrogen and oxygen atoms in total. The number of esters is 1. The van der Waals surface area contributed by atoms with Crippen molar-refractivity contribution in [3.63, 3.8) is 0 Å². The van der Waals surface area contributed by atoms with Crippen LogP contribution in [0.25, 0.3) is 0 Å². The Bertz CT molecular complexity index is 4090. The van der Waals surface area contributed by atoms with Gasteiger partial charge in [-0.1, -0.05) is 78.9 Å². The number of ketones is 1. The van der Waals surface area contributed by atoms with Crippen LogP contribution in [-0.4, -0.2) is 171 Å². The number of unbranched alkanes of at least 4 members (excludes halogenated alkanes) is 2. The number of carbonyl (C=O) groups excluding carboxylic acids is 3. The fourth-order valence-electron chi connectivity index (χ4n) is 12.0. The molecule has 1 amide bonds. The summed E-state index contributed by atoms with van der Waals surface area (Å²) >= 11 is 0. The average Bonchev–Trinajstić information content (AvgIpc) is 1.58. The van der Waals surface area contributed by atoms with Gasteiger partial charge in [0.25, 0.3) is 46.4 Å². The van der Waals surface area contributed by atoms with E-state index in [1.54, 1.807) is 74.7 Å². The third kappa shape index (κ3) is 21.4. The molecule has 2 aliphatic heterocycles. The fraction of sp³-hybridized carbons (Fsp3) is 0.412. The smallest absolute Gasteiger partial charge is 0.338 e. The van der Waals surface area contributed by atoms with Gasteiger partial charge in [0.2, 0.25) is 5.69 Å². The zero-order valence-corrected chi connectivity index (χ0v) is 58.4. The maximum absolute atomic E-state index is 13.7. The van der Waals surface area contributed by atoms with Crippen LogP contribution in [-0.2, 0) is 79.8 Å². The van der Waals surface area contributed by atoms with Crippen molar-refractivity contribution in [1.29, 1.82) is 0 Å². The van der Waals surface area contributed by atoms with Gasteiger partial charge in [-0.2, -0.15) is 38.2 Å². The number of hydrogen-bond acceptors (Lipinski definition) is 17. The maximum Gasteiger partial charge on any atom is 0.338 e. The zero-order valence-electron chi connectivity index (χ0n) is 54.2. The van der Waals surface area contributed by atoms with E-state index in [2.05, 4.69) is 5.32 Å². The molecule has 2 heterocycles. The van der Waals surface area contributed by atoms with E-state index in [-0.39, 0.29) is 92.9 Å². The molecule has 2 aliphatic rings. The van der Waals surface area contributed by atoms with E-state index in [0.29, 0.717) is 109 Å². The first-order chi connectivity index (χ1) is 45.6. The number of ether oxygens (including phenoxy) is 5. The monoisotopic (exact) mass is 1420 g/mol. The summed E-state index contributed by atoms with van der Waals surface area (Å²) in [5.74, 6) is -2.09. The van der Waals surface area contributed by atoms with E-state index in [4.69, 9.17) is 23.7 Å². The van der Waals surface area contributed by atoms with Gasteiger partial charge in [-0.15, -0.1) is 0 Å². The first kappa shape index (κ1) is 76.7. The minimum absolute atomic E-state index is 0.00498. The Morgan fingerprint density at radius 1 is 0.594 bits per heavy atom. The summed E-state index contributed by atoms with van der Waals surface area (Å²) in [7, 11) is -16.6. The highest BCUT2D eigenvalue weighted by Crippen LogP contribution is 2.51. The van der Waals surface area contributed by atoms with Gasteiger partial charge in [-0.05, 0) is 137 Å². The Morgan fingerprint density at radius 3 is 1.74 bits per heavy atom. The number of amides is 1. The largest absolute Gasteiger partial charge is 0.465 e. The SMILES string of the molecule is COCCOCCOCCOCCN1C(=CC=CC=CC2=[N+](CCCCCC(=O)CCCNC(=O)c3ccc(C(=O)OC)c(P(c4ccccc4)c4ccccc4)c3)c3ccc(S(=O)(=O)O)cc3C2(C)CCCS(=O)(=O)O)C(C)(CCCS(=O)(=O)O)c2cc(S(=O)(=O)O)ccc21. The number of rotatable bonds is 40. The van der Waals surface area contributed by atoms with Gasteiger partial charge in [0.15, 0.2) is 5.71 Å². The number of carbonyl (C=O) groups is 3. The van der Waals surface area contributed by atoms with Crippen LogP contribution in [0, 0.1) is 0 Å². The summed E-state index contributed by atoms with van der Waals surface area (Å²) in [5, 5.41) is 5.54. The molecule has 2 unspecified atom stereocenters. The van der Waals surface area contributed by atoms with Crippen LogP contribution in [0.5, 0.6) is 0 Å². The highest BCUT2D eigenvalue weighted by molar-refractivity contribution is 7.86. The number of nitrogens with one attached hydrogen (secondary N) is 1. The van der Waals surface area contributed by atoms with Crippen molar-refractivity contribution in [1.82, 2.24) is 5.32 Å². The minimum atomic E-state index is -4.72. The van der Waals surface area contributed by atoms with Crippen LogP contribution in [0.4, 0.5) is 11.4 Å². The number of anilines is 1. The summed E-state index contributed by atoms with van der Waals surface area (Å²) < 4.78 is 168. The number of Topliss-reactive ketones (excluding diaryl/α,β-unsaturated/α-hetero) is 1. The molecule has 0 fully saturated rings. The molecule has 0 bridgehead atoms. The summed E-state index contributed by atoms with van der Waals surface area (Å²) in [5.41, 5.74) is 1.74. The Morgan fingerprint density at radius 2 is 1.16 bits per heavy atom. The second-order valence-corrected chi connectivity index (χ2v) is 31.7. The molecule has 28 heteroatoms. The summed E-state index contributed by atoms with van der Waals surface area (Å²) in [4.78, 5) is 41.2. The van der Waals surface area contributed by atoms with Crippen molar-refractivity contribution in [3.05, 3.63) is 174 Å². The molecule has 7 rings (SSSR count).